The molecule has 0 radical (unpaired) electrons. The molecule has 0 fully saturated rings. The van der Waals surface area contributed by atoms with Crippen molar-refractivity contribution in [2.45, 2.75) is 38.5 Å². The Labute approximate surface area is 163 Å². The molecule has 0 unspecified atom stereocenters. The van der Waals surface area contributed by atoms with E-state index < -0.39 is 5.60 Å². The molecule has 0 aliphatic rings. The summed E-state index contributed by atoms with van der Waals surface area (Å²) in [5.74, 6) is 0.781. The standard InChI is InChI=1S/C21H24N2O3S/c1-5-25-16-12-10-15(11-13-16)23-18-9-7-6-8-17(18)22-20(23)27-14-19(24)26-21(2,3)4/h6-13H,5,14H2,1-4H3. The van der Waals surface area contributed by atoms with E-state index in [1.54, 1.807) is 0 Å². The largest absolute Gasteiger partial charge is 0.494 e. The van der Waals surface area contributed by atoms with Crippen molar-refractivity contribution in [3.8, 4) is 11.4 Å². The lowest BCUT2D eigenvalue weighted by Crippen LogP contribution is -2.25. The Hall–Kier alpha value is -2.47. The average Bonchev–Trinajstić information content (AvgIpc) is 2.98. The summed E-state index contributed by atoms with van der Waals surface area (Å²) >= 11 is 1.38. The first-order valence-corrected chi connectivity index (χ1v) is 9.91. The first-order valence-electron chi connectivity index (χ1n) is 8.93. The van der Waals surface area contributed by atoms with Gasteiger partial charge in [0.1, 0.15) is 11.4 Å². The number of para-hydroxylation sites is 2. The number of ether oxygens (including phenoxy) is 2. The minimum absolute atomic E-state index is 0.206. The van der Waals surface area contributed by atoms with Crippen LogP contribution in [0.3, 0.4) is 0 Å². The third-order valence-electron chi connectivity index (χ3n) is 3.68. The molecule has 0 spiro atoms. The van der Waals surface area contributed by atoms with Gasteiger partial charge in [-0.05, 0) is 64.1 Å². The Morgan fingerprint density at radius 3 is 2.48 bits per heavy atom. The molecule has 1 heterocycles. The number of hydrogen-bond acceptors (Lipinski definition) is 5. The van der Waals surface area contributed by atoms with Crippen LogP contribution in [0.15, 0.2) is 53.7 Å². The topological polar surface area (TPSA) is 53.4 Å². The molecule has 27 heavy (non-hydrogen) atoms. The number of aromatic nitrogens is 2. The van der Waals surface area contributed by atoms with E-state index in [1.807, 2.05) is 76.2 Å². The SMILES string of the molecule is CCOc1ccc(-n2c(SCC(=O)OC(C)(C)C)nc3ccccc32)cc1. The van der Waals surface area contributed by atoms with Gasteiger partial charge in [0, 0.05) is 5.69 Å². The van der Waals surface area contributed by atoms with E-state index in [0.717, 1.165) is 27.6 Å². The lowest BCUT2D eigenvalue weighted by Gasteiger charge is -2.19. The normalized spacial score (nSPS) is 11.6. The van der Waals surface area contributed by atoms with Crippen molar-refractivity contribution in [3.05, 3.63) is 48.5 Å². The summed E-state index contributed by atoms with van der Waals surface area (Å²) in [7, 11) is 0. The molecule has 0 N–H and O–H groups in total. The molecule has 0 aliphatic heterocycles. The third kappa shape index (κ3) is 4.83. The zero-order chi connectivity index (χ0) is 19.4. The predicted molar refractivity (Wildman–Crippen MR) is 109 cm³/mol. The molecule has 142 valence electrons. The predicted octanol–water partition coefficient (Wildman–Crippen LogP) is 4.86. The van der Waals surface area contributed by atoms with Crippen LogP contribution in [0.25, 0.3) is 16.7 Å². The number of fused-ring (bicyclic) bond motifs is 1. The summed E-state index contributed by atoms with van der Waals surface area (Å²) in [5.41, 5.74) is 2.36. The molecule has 1 aromatic heterocycles. The van der Waals surface area contributed by atoms with Crippen LogP contribution < -0.4 is 4.74 Å². The lowest BCUT2D eigenvalue weighted by molar-refractivity contribution is -0.151. The molecule has 0 bridgehead atoms. The van der Waals surface area contributed by atoms with Crippen molar-refractivity contribution < 1.29 is 14.3 Å². The average molecular weight is 385 g/mol. The molecule has 0 saturated heterocycles. The number of rotatable bonds is 6. The van der Waals surface area contributed by atoms with Crippen LogP contribution in [-0.2, 0) is 9.53 Å². The summed E-state index contributed by atoms with van der Waals surface area (Å²) in [6, 6.07) is 15.8. The minimum atomic E-state index is -0.493. The Bertz CT molecular complexity index is 927. The highest BCUT2D eigenvalue weighted by molar-refractivity contribution is 7.99. The molecule has 3 rings (SSSR count). The van der Waals surface area contributed by atoms with Crippen LogP contribution in [0.2, 0.25) is 0 Å². The smallest absolute Gasteiger partial charge is 0.316 e. The molecular formula is C21H24N2O3S. The van der Waals surface area contributed by atoms with E-state index in [4.69, 9.17) is 14.5 Å². The number of nitrogens with zero attached hydrogens (tertiary/aromatic N) is 2. The van der Waals surface area contributed by atoms with Gasteiger partial charge in [0.15, 0.2) is 5.16 Å². The third-order valence-corrected chi connectivity index (χ3v) is 4.59. The van der Waals surface area contributed by atoms with Gasteiger partial charge >= 0.3 is 5.97 Å². The van der Waals surface area contributed by atoms with Gasteiger partial charge in [0.05, 0.1) is 23.4 Å². The van der Waals surface area contributed by atoms with Crippen LogP contribution in [0.5, 0.6) is 5.75 Å². The summed E-state index contributed by atoms with van der Waals surface area (Å²) < 4.78 is 13.0. The molecule has 6 heteroatoms. The second-order valence-corrected chi connectivity index (χ2v) is 7.96. The molecule has 0 saturated carbocycles. The Morgan fingerprint density at radius 2 is 1.81 bits per heavy atom. The van der Waals surface area contributed by atoms with Gasteiger partial charge in [-0.15, -0.1) is 0 Å². The second kappa shape index (κ2) is 8.05. The Morgan fingerprint density at radius 1 is 1.11 bits per heavy atom. The van der Waals surface area contributed by atoms with Crippen molar-refractivity contribution >= 4 is 28.8 Å². The lowest BCUT2D eigenvalue weighted by atomic mass is 10.2. The van der Waals surface area contributed by atoms with Crippen molar-refractivity contribution in [3.63, 3.8) is 0 Å². The fraction of sp³-hybridized carbons (Fsp3) is 0.333. The van der Waals surface area contributed by atoms with Crippen LogP contribution in [0, 0.1) is 0 Å². The van der Waals surface area contributed by atoms with Crippen molar-refractivity contribution in [1.29, 1.82) is 0 Å². The minimum Gasteiger partial charge on any atom is -0.494 e. The molecule has 3 aromatic rings. The zero-order valence-electron chi connectivity index (χ0n) is 16.1. The van der Waals surface area contributed by atoms with E-state index in [1.165, 1.54) is 11.8 Å². The number of carbonyl (C=O) groups is 1. The van der Waals surface area contributed by atoms with Gasteiger partial charge in [-0.25, -0.2) is 4.98 Å². The Balaban J connectivity index is 1.91. The molecule has 0 aliphatic carbocycles. The van der Waals surface area contributed by atoms with Gasteiger partial charge in [-0.3, -0.25) is 9.36 Å². The van der Waals surface area contributed by atoms with E-state index in [2.05, 4.69) is 4.57 Å². The second-order valence-electron chi connectivity index (χ2n) is 7.02. The van der Waals surface area contributed by atoms with Crippen molar-refractivity contribution in [2.24, 2.45) is 0 Å². The van der Waals surface area contributed by atoms with Gasteiger partial charge in [-0.2, -0.15) is 0 Å². The summed E-state index contributed by atoms with van der Waals surface area (Å²) in [6.45, 7) is 8.19. The maximum absolute atomic E-state index is 12.1. The number of hydrogen-bond donors (Lipinski definition) is 0. The van der Waals surface area contributed by atoms with Crippen molar-refractivity contribution in [1.82, 2.24) is 9.55 Å². The fourth-order valence-corrected chi connectivity index (χ4v) is 3.50. The van der Waals surface area contributed by atoms with Crippen LogP contribution in [0.1, 0.15) is 27.7 Å². The van der Waals surface area contributed by atoms with Crippen LogP contribution in [-0.4, -0.2) is 33.5 Å². The number of esters is 1. The van der Waals surface area contributed by atoms with Gasteiger partial charge in [-0.1, -0.05) is 23.9 Å². The van der Waals surface area contributed by atoms with Gasteiger partial charge < -0.3 is 9.47 Å². The number of imidazole rings is 1. The summed E-state index contributed by atoms with van der Waals surface area (Å²) in [6.07, 6.45) is 0. The van der Waals surface area contributed by atoms with E-state index in [0.29, 0.717) is 6.61 Å². The highest BCUT2D eigenvalue weighted by Gasteiger charge is 2.19. The quantitative estimate of drug-likeness (QED) is 0.449. The number of thioether (sulfide) groups is 1. The summed E-state index contributed by atoms with van der Waals surface area (Å²) in [4.78, 5) is 16.8. The molecule has 0 amide bonds. The van der Waals surface area contributed by atoms with E-state index >= 15 is 0 Å². The van der Waals surface area contributed by atoms with Crippen LogP contribution >= 0.6 is 11.8 Å². The molecule has 0 atom stereocenters. The maximum Gasteiger partial charge on any atom is 0.316 e. The van der Waals surface area contributed by atoms with Gasteiger partial charge in [0.2, 0.25) is 0 Å². The first kappa shape index (κ1) is 19.3. The molecular weight excluding hydrogens is 360 g/mol. The monoisotopic (exact) mass is 384 g/mol. The van der Waals surface area contributed by atoms with Crippen LogP contribution in [0.4, 0.5) is 0 Å². The van der Waals surface area contributed by atoms with E-state index in [-0.39, 0.29) is 11.7 Å². The number of benzene rings is 2. The van der Waals surface area contributed by atoms with Crippen molar-refractivity contribution in [2.75, 3.05) is 12.4 Å². The van der Waals surface area contributed by atoms with E-state index in [9.17, 15) is 4.79 Å². The Kier molecular flexibility index (Phi) is 5.75. The fourth-order valence-electron chi connectivity index (χ4n) is 2.70. The molecule has 2 aromatic carbocycles. The maximum atomic E-state index is 12.1. The first-order chi connectivity index (χ1) is 12.9. The zero-order valence-corrected chi connectivity index (χ0v) is 16.9. The highest BCUT2D eigenvalue weighted by atomic mass is 32.2. The highest BCUT2D eigenvalue weighted by Crippen LogP contribution is 2.29. The van der Waals surface area contributed by atoms with Gasteiger partial charge in [0.25, 0.3) is 0 Å². The molecule has 5 nitrogen and oxygen atoms in total. The number of carbonyl (C=O) groups excluding carboxylic acids is 1. The summed E-state index contributed by atoms with van der Waals surface area (Å²) in [5, 5.41) is 0.756.